The largest absolute Gasteiger partial charge is 0.494 e. The van der Waals surface area contributed by atoms with E-state index in [1.54, 1.807) is 38.4 Å². The highest BCUT2D eigenvalue weighted by molar-refractivity contribution is 5.80. The highest BCUT2D eigenvalue weighted by Gasteiger charge is 2.14. The minimum atomic E-state index is -0.414. The van der Waals surface area contributed by atoms with E-state index in [0.717, 1.165) is 11.1 Å². The van der Waals surface area contributed by atoms with Crippen molar-refractivity contribution in [3.8, 4) is 5.75 Å². The van der Waals surface area contributed by atoms with Crippen LogP contribution in [-0.4, -0.2) is 33.8 Å². The van der Waals surface area contributed by atoms with E-state index in [4.69, 9.17) is 9.47 Å². The van der Waals surface area contributed by atoms with Gasteiger partial charge in [-0.25, -0.2) is 8.78 Å². The van der Waals surface area contributed by atoms with Crippen LogP contribution in [0.5, 0.6) is 5.75 Å². The fraction of sp³-hybridized carbons (Fsp3) is 0.350. The average molecular weight is 377 g/mol. The smallest absolute Gasteiger partial charge is 0.191 e. The van der Waals surface area contributed by atoms with Gasteiger partial charge in [0.25, 0.3) is 0 Å². The predicted octanol–water partition coefficient (Wildman–Crippen LogP) is 3.59. The monoisotopic (exact) mass is 377 g/mol. The quantitative estimate of drug-likeness (QED) is 0.572. The number of hydrogen-bond acceptors (Lipinski definition) is 3. The van der Waals surface area contributed by atoms with Crippen LogP contribution in [0.2, 0.25) is 0 Å². The van der Waals surface area contributed by atoms with Crippen molar-refractivity contribution in [3.63, 3.8) is 0 Å². The molecule has 2 N–H and O–H groups in total. The molecule has 2 rings (SSSR count). The average Bonchev–Trinajstić information content (AvgIpc) is 2.68. The van der Waals surface area contributed by atoms with E-state index >= 15 is 0 Å². The van der Waals surface area contributed by atoms with Gasteiger partial charge in [0.1, 0.15) is 5.82 Å². The molecule has 0 aromatic heterocycles. The minimum Gasteiger partial charge on any atom is -0.494 e. The van der Waals surface area contributed by atoms with Gasteiger partial charge in [-0.05, 0) is 42.3 Å². The molecule has 146 valence electrons. The Labute approximate surface area is 158 Å². The van der Waals surface area contributed by atoms with Crippen molar-refractivity contribution in [2.24, 2.45) is 4.99 Å². The molecule has 2 aromatic rings. The van der Waals surface area contributed by atoms with Crippen molar-refractivity contribution in [2.75, 3.05) is 27.8 Å². The maximum atomic E-state index is 13.9. The highest BCUT2D eigenvalue weighted by atomic mass is 19.1. The lowest BCUT2D eigenvalue weighted by molar-refractivity contribution is 0.106. The van der Waals surface area contributed by atoms with Gasteiger partial charge in [-0.15, -0.1) is 0 Å². The summed E-state index contributed by atoms with van der Waals surface area (Å²) in [6.07, 6.45) is -0.266. The third kappa shape index (κ3) is 5.65. The third-order valence-corrected chi connectivity index (χ3v) is 4.23. The summed E-state index contributed by atoms with van der Waals surface area (Å²) >= 11 is 0. The van der Waals surface area contributed by atoms with E-state index in [9.17, 15) is 8.78 Å². The topological polar surface area (TPSA) is 54.9 Å². The first-order chi connectivity index (χ1) is 13.0. The summed E-state index contributed by atoms with van der Waals surface area (Å²) in [7, 11) is 4.67. The summed E-state index contributed by atoms with van der Waals surface area (Å²) in [5.41, 5.74) is 1.62. The molecule has 0 amide bonds. The second-order valence-electron chi connectivity index (χ2n) is 5.99. The van der Waals surface area contributed by atoms with Gasteiger partial charge >= 0.3 is 0 Å². The molecule has 0 saturated carbocycles. The van der Waals surface area contributed by atoms with Crippen LogP contribution in [-0.2, 0) is 4.74 Å². The lowest BCUT2D eigenvalue weighted by Crippen LogP contribution is -2.40. The molecule has 2 aromatic carbocycles. The van der Waals surface area contributed by atoms with Gasteiger partial charge in [-0.2, -0.15) is 0 Å². The van der Waals surface area contributed by atoms with Gasteiger partial charge in [-0.3, -0.25) is 4.99 Å². The molecule has 2 atom stereocenters. The molecule has 5 nitrogen and oxygen atoms in total. The Morgan fingerprint density at radius 1 is 1.07 bits per heavy atom. The van der Waals surface area contributed by atoms with E-state index in [-0.39, 0.29) is 23.7 Å². The number of aliphatic imine (C=N–C) groups is 1. The molecule has 0 aliphatic heterocycles. The molecule has 0 heterocycles. The van der Waals surface area contributed by atoms with Crippen LogP contribution in [0, 0.1) is 11.6 Å². The zero-order valence-electron chi connectivity index (χ0n) is 15.9. The second-order valence-corrected chi connectivity index (χ2v) is 5.99. The molecule has 7 heteroatoms. The molecule has 0 fully saturated rings. The van der Waals surface area contributed by atoms with Crippen LogP contribution in [0.1, 0.15) is 30.2 Å². The lowest BCUT2D eigenvalue weighted by Gasteiger charge is -2.21. The van der Waals surface area contributed by atoms with Crippen LogP contribution in [0.25, 0.3) is 0 Å². The Morgan fingerprint density at radius 3 is 2.30 bits per heavy atom. The Balaban J connectivity index is 1.98. The van der Waals surface area contributed by atoms with Crippen molar-refractivity contribution in [3.05, 3.63) is 65.2 Å². The summed E-state index contributed by atoms with van der Waals surface area (Å²) in [6, 6.07) is 10.8. The number of benzene rings is 2. The third-order valence-electron chi connectivity index (χ3n) is 4.23. The number of halogens is 2. The molecule has 27 heavy (non-hydrogen) atoms. The molecule has 0 aliphatic carbocycles. The van der Waals surface area contributed by atoms with Crippen LogP contribution in [0.4, 0.5) is 8.78 Å². The van der Waals surface area contributed by atoms with E-state index in [1.807, 2.05) is 6.92 Å². The van der Waals surface area contributed by atoms with Crippen molar-refractivity contribution in [2.45, 2.75) is 19.1 Å². The number of guanidine groups is 1. The van der Waals surface area contributed by atoms with Gasteiger partial charge in [0.2, 0.25) is 0 Å². The van der Waals surface area contributed by atoms with Crippen molar-refractivity contribution >= 4 is 5.96 Å². The van der Waals surface area contributed by atoms with Gasteiger partial charge < -0.3 is 20.1 Å². The fourth-order valence-corrected chi connectivity index (χ4v) is 2.64. The number of hydrogen-bond donors (Lipinski definition) is 2. The summed E-state index contributed by atoms with van der Waals surface area (Å²) < 4.78 is 37.4. The maximum Gasteiger partial charge on any atom is 0.191 e. The predicted molar refractivity (Wildman–Crippen MR) is 102 cm³/mol. The first kappa shape index (κ1) is 20.6. The summed E-state index contributed by atoms with van der Waals surface area (Å²) in [6.45, 7) is 2.34. The zero-order valence-corrected chi connectivity index (χ0v) is 15.9. The summed E-state index contributed by atoms with van der Waals surface area (Å²) in [4.78, 5) is 4.18. The van der Waals surface area contributed by atoms with E-state index < -0.39 is 5.82 Å². The molecular weight excluding hydrogens is 352 g/mol. The Kier molecular flexibility index (Phi) is 7.55. The Morgan fingerprint density at radius 2 is 1.74 bits per heavy atom. The van der Waals surface area contributed by atoms with Crippen LogP contribution < -0.4 is 15.4 Å². The molecule has 2 unspecified atom stereocenters. The number of ether oxygens (including phenoxy) is 2. The van der Waals surface area contributed by atoms with E-state index in [2.05, 4.69) is 15.6 Å². The first-order valence-corrected chi connectivity index (χ1v) is 8.57. The summed E-state index contributed by atoms with van der Waals surface area (Å²) in [5, 5.41) is 6.38. The van der Waals surface area contributed by atoms with Gasteiger partial charge in [0.05, 0.1) is 19.3 Å². The van der Waals surface area contributed by atoms with Crippen LogP contribution in [0.15, 0.2) is 47.5 Å². The van der Waals surface area contributed by atoms with Gasteiger partial charge in [-0.1, -0.05) is 18.2 Å². The summed E-state index contributed by atoms with van der Waals surface area (Å²) in [5.74, 6) is 0.0421. The first-order valence-electron chi connectivity index (χ1n) is 8.57. The molecule has 0 aliphatic rings. The lowest BCUT2D eigenvalue weighted by atomic mass is 10.1. The molecule has 0 radical (unpaired) electrons. The zero-order chi connectivity index (χ0) is 19.8. The van der Waals surface area contributed by atoms with Gasteiger partial charge in [0, 0.05) is 20.7 Å². The van der Waals surface area contributed by atoms with E-state index in [1.165, 1.54) is 25.3 Å². The Bertz CT molecular complexity index is 766. The minimum absolute atomic E-state index is 0.177. The number of nitrogens with one attached hydrogen (secondary N) is 2. The SMILES string of the molecule is CN=C(NCC(OC)c1ccc(F)cc1)NC(C)c1ccc(OC)c(F)c1. The second kappa shape index (κ2) is 9.87. The standard InChI is InChI=1S/C20H25F2N3O2/c1-13(15-7-10-18(26-3)17(22)11-15)25-20(23-2)24-12-19(27-4)14-5-8-16(21)9-6-14/h5-11,13,19H,12H2,1-4H3,(H2,23,24,25). The molecule has 0 spiro atoms. The van der Waals surface area contributed by atoms with Gasteiger partial charge in [0.15, 0.2) is 17.5 Å². The molecular formula is C20H25F2N3O2. The Hall–Kier alpha value is -2.67. The van der Waals surface area contributed by atoms with Crippen LogP contribution >= 0.6 is 0 Å². The number of rotatable bonds is 7. The van der Waals surface area contributed by atoms with Crippen molar-refractivity contribution < 1.29 is 18.3 Å². The maximum absolute atomic E-state index is 13.9. The number of nitrogens with zero attached hydrogens (tertiary/aromatic N) is 1. The van der Waals surface area contributed by atoms with Crippen molar-refractivity contribution in [1.29, 1.82) is 0 Å². The van der Waals surface area contributed by atoms with Crippen molar-refractivity contribution in [1.82, 2.24) is 10.6 Å². The molecule has 0 saturated heterocycles. The van der Waals surface area contributed by atoms with Crippen LogP contribution in [0.3, 0.4) is 0 Å². The normalized spacial score (nSPS) is 13.8. The fourth-order valence-electron chi connectivity index (χ4n) is 2.64. The number of methoxy groups -OCH3 is 2. The highest BCUT2D eigenvalue weighted by Crippen LogP contribution is 2.21. The van der Waals surface area contributed by atoms with E-state index in [0.29, 0.717) is 12.5 Å². The molecule has 0 bridgehead atoms.